The summed E-state index contributed by atoms with van der Waals surface area (Å²) in [6, 6.07) is 0. The lowest BCUT2D eigenvalue weighted by molar-refractivity contribution is -0.126. The van der Waals surface area contributed by atoms with Crippen LogP contribution >= 0.6 is 0 Å². The van der Waals surface area contributed by atoms with Gasteiger partial charge < -0.3 is 0 Å². The Hall–Kier alpha value is -1.12. The molecular formula is C24H43NO2. The van der Waals surface area contributed by atoms with Gasteiger partial charge in [0.2, 0.25) is 11.8 Å². The predicted molar refractivity (Wildman–Crippen MR) is 114 cm³/mol. The first-order valence-electron chi connectivity index (χ1n) is 11.6. The van der Waals surface area contributed by atoms with Crippen LogP contribution in [-0.4, -0.2) is 11.8 Å². The van der Waals surface area contributed by atoms with Crippen molar-refractivity contribution in [2.45, 2.75) is 116 Å². The second-order valence-corrected chi connectivity index (χ2v) is 8.38. The van der Waals surface area contributed by atoms with Crippen molar-refractivity contribution >= 4 is 11.8 Å². The summed E-state index contributed by atoms with van der Waals surface area (Å²) in [5.41, 5.74) is 0. The van der Waals surface area contributed by atoms with E-state index in [1.165, 1.54) is 77.0 Å². The molecule has 1 fully saturated rings. The SMILES string of the molecule is C=CCCCCCC(CCCCCCCCCCCC)C1CC(=O)NC1=O. The molecule has 3 heteroatoms. The standard InChI is InChI=1S/C24H43NO2/c1-3-5-7-9-10-11-12-13-15-17-19-21(18-16-14-8-6-4-2)22-20-23(26)25-24(22)27/h4,21-22H,2-3,5-20H2,1H3,(H,25,26,27). The number of carbonyl (C=O) groups is 2. The van der Waals surface area contributed by atoms with Crippen LogP contribution in [0.25, 0.3) is 0 Å². The molecule has 27 heavy (non-hydrogen) atoms. The van der Waals surface area contributed by atoms with Crippen molar-refractivity contribution in [2.75, 3.05) is 0 Å². The fraction of sp³-hybridized carbons (Fsp3) is 0.833. The zero-order chi connectivity index (χ0) is 19.7. The molecule has 2 atom stereocenters. The van der Waals surface area contributed by atoms with Crippen molar-refractivity contribution in [3.8, 4) is 0 Å². The van der Waals surface area contributed by atoms with E-state index in [1.807, 2.05) is 6.08 Å². The average Bonchev–Trinajstić information content (AvgIpc) is 2.99. The minimum Gasteiger partial charge on any atom is -0.296 e. The van der Waals surface area contributed by atoms with Crippen LogP contribution in [0, 0.1) is 11.8 Å². The van der Waals surface area contributed by atoms with E-state index in [0.29, 0.717) is 12.3 Å². The van der Waals surface area contributed by atoms with E-state index in [9.17, 15) is 9.59 Å². The van der Waals surface area contributed by atoms with Crippen molar-refractivity contribution in [2.24, 2.45) is 11.8 Å². The molecule has 2 amide bonds. The van der Waals surface area contributed by atoms with E-state index in [2.05, 4.69) is 18.8 Å². The van der Waals surface area contributed by atoms with Crippen LogP contribution in [0.3, 0.4) is 0 Å². The third-order valence-corrected chi connectivity index (χ3v) is 5.99. The molecule has 0 aliphatic carbocycles. The minimum atomic E-state index is -0.0790. The van der Waals surface area contributed by atoms with Gasteiger partial charge in [0, 0.05) is 12.3 Å². The maximum atomic E-state index is 12.1. The number of nitrogens with one attached hydrogen (secondary N) is 1. The third kappa shape index (κ3) is 11.3. The van der Waals surface area contributed by atoms with Gasteiger partial charge in [-0.1, -0.05) is 90.0 Å². The fourth-order valence-corrected chi connectivity index (χ4v) is 4.27. The molecule has 1 saturated heterocycles. The molecule has 0 saturated carbocycles. The van der Waals surface area contributed by atoms with Crippen LogP contribution in [0.1, 0.15) is 116 Å². The number of imide groups is 1. The predicted octanol–water partition coefficient (Wildman–Crippen LogP) is 6.71. The average molecular weight is 378 g/mol. The molecule has 0 spiro atoms. The van der Waals surface area contributed by atoms with Crippen LogP contribution in [0.2, 0.25) is 0 Å². The molecule has 1 heterocycles. The molecule has 1 aliphatic heterocycles. The van der Waals surface area contributed by atoms with Crippen LogP contribution in [0.4, 0.5) is 0 Å². The second kappa shape index (κ2) is 15.9. The quantitative estimate of drug-likeness (QED) is 0.164. The molecule has 0 aromatic carbocycles. The van der Waals surface area contributed by atoms with Gasteiger partial charge >= 0.3 is 0 Å². The molecule has 0 aromatic rings. The first kappa shape index (κ1) is 23.9. The number of unbranched alkanes of at least 4 members (excludes halogenated alkanes) is 12. The first-order valence-corrected chi connectivity index (χ1v) is 11.6. The molecule has 1 N–H and O–H groups in total. The van der Waals surface area contributed by atoms with Crippen molar-refractivity contribution < 1.29 is 9.59 Å². The summed E-state index contributed by atoms with van der Waals surface area (Å²) in [6.07, 6.45) is 22.6. The van der Waals surface area contributed by atoms with E-state index in [-0.39, 0.29) is 17.7 Å². The van der Waals surface area contributed by atoms with E-state index >= 15 is 0 Å². The molecule has 0 bridgehead atoms. The summed E-state index contributed by atoms with van der Waals surface area (Å²) in [5.74, 6) is 0.206. The van der Waals surface area contributed by atoms with Crippen LogP contribution in [0.15, 0.2) is 12.7 Å². The van der Waals surface area contributed by atoms with Crippen LogP contribution in [-0.2, 0) is 9.59 Å². The lowest BCUT2D eigenvalue weighted by Gasteiger charge is -2.21. The normalized spacial score (nSPS) is 17.9. The molecule has 156 valence electrons. The summed E-state index contributed by atoms with van der Waals surface area (Å²) in [4.78, 5) is 23.7. The zero-order valence-electron chi connectivity index (χ0n) is 17.8. The number of allylic oxidation sites excluding steroid dienone is 1. The molecule has 2 unspecified atom stereocenters. The lowest BCUT2D eigenvalue weighted by atomic mass is 9.82. The second-order valence-electron chi connectivity index (χ2n) is 8.38. The van der Waals surface area contributed by atoms with E-state index in [0.717, 1.165) is 25.7 Å². The Labute approximate surface area is 167 Å². The Morgan fingerprint density at radius 2 is 1.41 bits per heavy atom. The number of rotatable bonds is 18. The highest BCUT2D eigenvalue weighted by Gasteiger charge is 2.35. The molecule has 0 aromatic heterocycles. The van der Waals surface area contributed by atoms with Crippen molar-refractivity contribution in [3.63, 3.8) is 0 Å². The van der Waals surface area contributed by atoms with Crippen molar-refractivity contribution in [3.05, 3.63) is 12.7 Å². The Morgan fingerprint density at radius 1 is 0.889 bits per heavy atom. The van der Waals surface area contributed by atoms with Gasteiger partial charge in [0.15, 0.2) is 0 Å². The molecule has 1 rings (SSSR count). The Balaban J connectivity index is 2.19. The third-order valence-electron chi connectivity index (χ3n) is 5.99. The Morgan fingerprint density at radius 3 is 1.89 bits per heavy atom. The van der Waals surface area contributed by atoms with Gasteiger partial charge in [-0.25, -0.2) is 0 Å². The van der Waals surface area contributed by atoms with Gasteiger partial charge in [0.05, 0.1) is 0 Å². The summed E-state index contributed by atoms with van der Waals surface area (Å²) in [7, 11) is 0. The number of carbonyl (C=O) groups excluding carboxylic acids is 2. The van der Waals surface area contributed by atoms with Gasteiger partial charge in [-0.3, -0.25) is 14.9 Å². The van der Waals surface area contributed by atoms with Gasteiger partial charge in [0.25, 0.3) is 0 Å². The molecule has 1 aliphatic rings. The Bertz CT molecular complexity index is 419. The highest BCUT2D eigenvalue weighted by molar-refractivity contribution is 6.03. The maximum absolute atomic E-state index is 12.1. The summed E-state index contributed by atoms with van der Waals surface area (Å²) < 4.78 is 0. The maximum Gasteiger partial charge on any atom is 0.230 e. The van der Waals surface area contributed by atoms with Gasteiger partial charge in [-0.05, 0) is 31.6 Å². The van der Waals surface area contributed by atoms with E-state index < -0.39 is 0 Å². The van der Waals surface area contributed by atoms with Crippen LogP contribution in [0.5, 0.6) is 0 Å². The van der Waals surface area contributed by atoms with Crippen molar-refractivity contribution in [1.82, 2.24) is 5.32 Å². The smallest absolute Gasteiger partial charge is 0.230 e. The molecular weight excluding hydrogens is 334 g/mol. The summed E-state index contributed by atoms with van der Waals surface area (Å²) in [6.45, 7) is 6.04. The van der Waals surface area contributed by atoms with Gasteiger partial charge in [-0.15, -0.1) is 6.58 Å². The highest BCUT2D eigenvalue weighted by atomic mass is 16.2. The lowest BCUT2D eigenvalue weighted by Crippen LogP contribution is -2.26. The number of hydrogen-bond donors (Lipinski definition) is 1. The summed E-state index contributed by atoms with van der Waals surface area (Å²) >= 11 is 0. The highest BCUT2D eigenvalue weighted by Crippen LogP contribution is 2.30. The zero-order valence-corrected chi connectivity index (χ0v) is 17.8. The monoisotopic (exact) mass is 377 g/mol. The van der Waals surface area contributed by atoms with E-state index in [4.69, 9.17) is 0 Å². The number of amides is 2. The topological polar surface area (TPSA) is 46.2 Å². The summed E-state index contributed by atoms with van der Waals surface area (Å²) in [5, 5.41) is 2.51. The molecule has 0 radical (unpaired) electrons. The molecule has 3 nitrogen and oxygen atoms in total. The Kier molecular flexibility index (Phi) is 14.1. The van der Waals surface area contributed by atoms with E-state index in [1.54, 1.807) is 0 Å². The van der Waals surface area contributed by atoms with Crippen molar-refractivity contribution in [1.29, 1.82) is 0 Å². The fourth-order valence-electron chi connectivity index (χ4n) is 4.27. The number of hydrogen-bond acceptors (Lipinski definition) is 2. The minimum absolute atomic E-state index is 0.0248. The largest absolute Gasteiger partial charge is 0.296 e. The van der Waals surface area contributed by atoms with Crippen LogP contribution < -0.4 is 5.32 Å². The van der Waals surface area contributed by atoms with Gasteiger partial charge in [0.1, 0.15) is 0 Å². The first-order chi connectivity index (χ1) is 13.2. The van der Waals surface area contributed by atoms with Gasteiger partial charge in [-0.2, -0.15) is 0 Å².